The minimum absolute atomic E-state index is 0.0924. The Hall–Kier alpha value is -2.07. The van der Waals surface area contributed by atoms with Crippen molar-refractivity contribution in [3.8, 4) is 5.75 Å². The summed E-state index contributed by atoms with van der Waals surface area (Å²) in [4.78, 5) is 11.2. The van der Waals surface area contributed by atoms with Gasteiger partial charge in [0.2, 0.25) is 0 Å². The zero-order valence-corrected chi connectivity index (χ0v) is 10.7. The van der Waals surface area contributed by atoms with Crippen LogP contribution in [0.4, 0.5) is 0 Å². The Morgan fingerprint density at radius 3 is 2.47 bits per heavy atom. The summed E-state index contributed by atoms with van der Waals surface area (Å²) in [5, 5.41) is 20.5. The van der Waals surface area contributed by atoms with Crippen LogP contribution >= 0.6 is 0 Å². The van der Waals surface area contributed by atoms with Crippen molar-refractivity contribution in [3.63, 3.8) is 0 Å². The van der Waals surface area contributed by atoms with E-state index in [1.165, 1.54) is 0 Å². The van der Waals surface area contributed by atoms with Crippen LogP contribution in [0.3, 0.4) is 0 Å². The van der Waals surface area contributed by atoms with Crippen LogP contribution < -0.4 is 4.74 Å². The van der Waals surface area contributed by atoms with Crippen molar-refractivity contribution >= 4 is 16.7 Å². The van der Waals surface area contributed by atoms with E-state index in [9.17, 15) is 15.0 Å². The summed E-state index contributed by atoms with van der Waals surface area (Å²) in [6, 6.07) is 10.8. The Morgan fingerprint density at radius 2 is 1.89 bits per heavy atom. The number of rotatable bonds is 5. The van der Waals surface area contributed by atoms with Crippen molar-refractivity contribution in [1.29, 1.82) is 0 Å². The number of carboxylic acid groups (broad SMARTS) is 1. The van der Waals surface area contributed by atoms with Crippen LogP contribution in [-0.2, 0) is 0 Å². The van der Waals surface area contributed by atoms with Gasteiger partial charge in [-0.25, -0.2) is 4.79 Å². The van der Waals surface area contributed by atoms with E-state index >= 15 is 0 Å². The van der Waals surface area contributed by atoms with Gasteiger partial charge in [0.1, 0.15) is 17.9 Å². The molecule has 0 heterocycles. The third-order valence-electron chi connectivity index (χ3n) is 2.98. The molecule has 0 bridgehead atoms. The normalized spacial score (nSPS) is 12.3. The van der Waals surface area contributed by atoms with Gasteiger partial charge in [0.05, 0.1) is 6.10 Å². The van der Waals surface area contributed by atoms with Crippen molar-refractivity contribution in [2.45, 2.75) is 19.4 Å². The molecular formula is C15H16O4. The number of carboxylic acids is 1. The molecule has 4 heteroatoms. The molecule has 2 aromatic rings. The van der Waals surface area contributed by atoms with E-state index in [1.807, 2.05) is 31.2 Å². The van der Waals surface area contributed by atoms with E-state index in [1.54, 1.807) is 12.1 Å². The summed E-state index contributed by atoms with van der Waals surface area (Å²) in [7, 11) is 0. The number of benzene rings is 2. The maximum absolute atomic E-state index is 11.2. The Bertz CT molecular complexity index is 592. The van der Waals surface area contributed by atoms with E-state index in [-0.39, 0.29) is 12.2 Å². The van der Waals surface area contributed by atoms with Crippen molar-refractivity contribution < 1.29 is 19.7 Å². The van der Waals surface area contributed by atoms with Gasteiger partial charge in [-0.05, 0) is 29.3 Å². The van der Waals surface area contributed by atoms with Gasteiger partial charge in [0, 0.05) is 0 Å². The molecule has 0 spiro atoms. The van der Waals surface area contributed by atoms with Gasteiger partial charge in [0.15, 0.2) is 0 Å². The van der Waals surface area contributed by atoms with Gasteiger partial charge in [0.25, 0.3) is 0 Å². The number of carbonyl (C=O) groups is 1. The third kappa shape index (κ3) is 3.03. The number of ether oxygens (including phenoxy) is 1. The largest absolute Gasteiger partial charge is 0.490 e. The van der Waals surface area contributed by atoms with Crippen LogP contribution in [0.25, 0.3) is 10.8 Å². The molecule has 0 aliphatic heterocycles. The first kappa shape index (κ1) is 13.4. The second kappa shape index (κ2) is 5.71. The van der Waals surface area contributed by atoms with Crippen LogP contribution in [0.5, 0.6) is 5.75 Å². The fourth-order valence-electron chi connectivity index (χ4n) is 1.81. The number of aliphatic hydroxyl groups excluding tert-OH is 1. The first-order chi connectivity index (χ1) is 9.11. The van der Waals surface area contributed by atoms with Crippen molar-refractivity contribution in [1.82, 2.24) is 0 Å². The molecule has 0 saturated carbocycles. The maximum atomic E-state index is 11.2. The summed E-state index contributed by atoms with van der Waals surface area (Å²) in [6.45, 7) is 1.93. The molecular weight excluding hydrogens is 244 g/mol. The van der Waals surface area contributed by atoms with Crippen molar-refractivity contribution in [2.24, 2.45) is 0 Å². The topological polar surface area (TPSA) is 66.8 Å². The zero-order valence-electron chi connectivity index (χ0n) is 10.7. The quantitative estimate of drug-likeness (QED) is 0.867. The molecule has 4 nitrogen and oxygen atoms in total. The first-order valence-corrected chi connectivity index (χ1v) is 6.18. The standard InChI is InChI=1S/C15H16O4/c1-2-12(16)9-19-14-8-11-6-4-3-5-10(11)7-13(14)15(17)18/h3-8,12,16H,2,9H2,1H3,(H,17,18). The molecule has 0 aliphatic carbocycles. The highest BCUT2D eigenvalue weighted by atomic mass is 16.5. The molecule has 1 unspecified atom stereocenters. The highest BCUT2D eigenvalue weighted by Gasteiger charge is 2.14. The van der Waals surface area contributed by atoms with Crippen LogP contribution in [0.15, 0.2) is 36.4 Å². The van der Waals surface area contributed by atoms with Crippen molar-refractivity contribution in [2.75, 3.05) is 6.61 Å². The summed E-state index contributed by atoms with van der Waals surface area (Å²) in [6.07, 6.45) is -0.0242. The first-order valence-electron chi connectivity index (χ1n) is 6.18. The molecule has 2 N–H and O–H groups in total. The lowest BCUT2D eigenvalue weighted by Gasteiger charge is -2.13. The van der Waals surface area contributed by atoms with E-state index in [0.717, 1.165) is 10.8 Å². The smallest absolute Gasteiger partial charge is 0.339 e. The molecule has 19 heavy (non-hydrogen) atoms. The molecule has 0 amide bonds. The highest BCUT2D eigenvalue weighted by molar-refractivity contribution is 5.97. The SMILES string of the molecule is CCC(O)COc1cc2ccccc2cc1C(=O)O. The molecule has 2 aromatic carbocycles. The lowest BCUT2D eigenvalue weighted by atomic mass is 10.1. The second-order valence-electron chi connectivity index (χ2n) is 4.37. The van der Waals surface area contributed by atoms with Gasteiger partial charge >= 0.3 is 5.97 Å². The van der Waals surface area contributed by atoms with E-state index in [2.05, 4.69) is 0 Å². The van der Waals surface area contributed by atoms with Gasteiger partial charge in [-0.3, -0.25) is 0 Å². The summed E-state index contributed by atoms with van der Waals surface area (Å²) in [5.41, 5.74) is 0.113. The van der Waals surface area contributed by atoms with Crippen LogP contribution in [-0.4, -0.2) is 28.9 Å². The van der Waals surface area contributed by atoms with Gasteiger partial charge in [-0.15, -0.1) is 0 Å². The number of hydrogen-bond acceptors (Lipinski definition) is 3. The third-order valence-corrected chi connectivity index (χ3v) is 2.98. The monoisotopic (exact) mass is 260 g/mol. The average molecular weight is 260 g/mol. The Labute approximate surface area is 111 Å². The molecule has 2 rings (SSSR count). The zero-order chi connectivity index (χ0) is 13.8. The summed E-state index contributed by atoms with van der Waals surface area (Å²) < 4.78 is 5.43. The number of aromatic carboxylic acids is 1. The summed E-state index contributed by atoms with van der Waals surface area (Å²) in [5.74, 6) is -0.745. The predicted molar refractivity (Wildman–Crippen MR) is 72.7 cm³/mol. The number of aliphatic hydroxyl groups is 1. The van der Waals surface area contributed by atoms with E-state index in [4.69, 9.17) is 4.74 Å². The Balaban J connectivity index is 2.39. The highest BCUT2D eigenvalue weighted by Crippen LogP contribution is 2.26. The lowest BCUT2D eigenvalue weighted by molar-refractivity contribution is 0.0682. The van der Waals surface area contributed by atoms with Crippen LogP contribution in [0.1, 0.15) is 23.7 Å². The average Bonchev–Trinajstić information content (AvgIpc) is 2.43. The molecule has 0 saturated heterocycles. The number of hydrogen-bond donors (Lipinski definition) is 2. The fourth-order valence-corrected chi connectivity index (χ4v) is 1.81. The maximum Gasteiger partial charge on any atom is 0.339 e. The van der Waals surface area contributed by atoms with E-state index in [0.29, 0.717) is 12.2 Å². The Morgan fingerprint density at radius 1 is 1.26 bits per heavy atom. The lowest BCUT2D eigenvalue weighted by Crippen LogP contribution is -2.17. The number of fused-ring (bicyclic) bond motifs is 1. The van der Waals surface area contributed by atoms with Gasteiger partial charge in [-0.2, -0.15) is 0 Å². The minimum Gasteiger partial charge on any atom is -0.490 e. The van der Waals surface area contributed by atoms with E-state index < -0.39 is 12.1 Å². The molecule has 0 aromatic heterocycles. The molecule has 100 valence electrons. The Kier molecular flexibility index (Phi) is 4.02. The van der Waals surface area contributed by atoms with Gasteiger partial charge in [-0.1, -0.05) is 31.2 Å². The molecule has 1 atom stereocenters. The van der Waals surface area contributed by atoms with Crippen LogP contribution in [0, 0.1) is 0 Å². The molecule has 0 radical (unpaired) electrons. The predicted octanol–water partition coefficient (Wildman–Crippen LogP) is 2.69. The van der Waals surface area contributed by atoms with Crippen LogP contribution in [0.2, 0.25) is 0 Å². The van der Waals surface area contributed by atoms with Gasteiger partial charge < -0.3 is 14.9 Å². The summed E-state index contributed by atoms with van der Waals surface area (Å²) >= 11 is 0. The van der Waals surface area contributed by atoms with Crippen molar-refractivity contribution in [3.05, 3.63) is 42.0 Å². The fraction of sp³-hybridized carbons (Fsp3) is 0.267. The second-order valence-corrected chi connectivity index (χ2v) is 4.37. The molecule has 0 fully saturated rings. The molecule has 0 aliphatic rings. The minimum atomic E-state index is -1.04.